The molecule has 2 rings (SSSR count). The van der Waals surface area contributed by atoms with Crippen molar-refractivity contribution in [3.63, 3.8) is 0 Å². The molecule has 1 aliphatic rings. The van der Waals surface area contributed by atoms with Crippen LogP contribution in [0.4, 0.5) is 11.8 Å². The average Bonchev–Trinajstić information content (AvgIpc) is 2.47. The highest BCUT2D eigenvalue weighted by atomic mass is 16.2. The van der Waals surface area contributed by atoms with Gasteiger partial charge in [-0.1, -0.05) is 0 Å². The van der Waals surface area contributed by atoms with E-state index in [1.54, 1.807) is 20.3 Å². The summed E-state index contributed by atoms with van der Waals surface area (Å²) >= 11 is 0. The molecule has 1 aromatic rings. The van der Waals surface area contributed by atoms with E-state index in [9.17, 15) is 4.79 Å². The molecule has 0 aromatic carbocycles. The van der Waals surface area contributed by atoms with E-state index in [-0.39, 0.29) is 11.9 Å². The summed E-state index contributed by atoms with van der Waals surface area (Å²) in [5, 5.41) is 5.69. The molecule has 19 heavy (non-hydrogen) atoms. The molecule has 2 N–H and O–H groups in total. The van der Waals surface area contributed by atoms with Crippen molar-refractivity contribution in [1.29, 1.82) is 0 Å². The van der Waals surface area contributed by atoms with Crippen LogP contribution < -0.4 is 15.5 Å². The van der Waals surface area contributed by atoms with E-state index in [0.717, 1.165) is 37.2 Å². The lowest BCUT2D eigenvalue weighted by atomic mass is 10.0. The Hall–Kier alpha value is -1.85. The van der Waals surface area contributed by atoms with Gasteiger partial charge in [-0.3, -0.25) is 4.79 Å². The van der Waals surface area contributed by atoms with Gasteiger partial charge in [0.15, 0.2) is 0 Å². The Balaban J connectivity index is 2.34. The maximum absolute atomic E-state index is 12.0. The zero-order chi connectivity index (χ0) is 13.8. The average molecular weight is 263 g/mol. The zero-order valence-corrected chi connectivity index (χ0v) is 11.7. The van der Waals surface area contributed by atoms with Crippen molar-refractivity contribution in [3.8, 4) is 0 Å². The van der Waals surface area contributed by atoms with Crippen molar-refractivity contribution in [2.75, 3.05) is 30.9 Å². The first-order valence-electron chi connectivity index (χ1n) is 6.67. The Morgan fingerprint density at radius 1 is 1.42 bits per heavy atom. The second-order valence-corrected chi connectivity index (χ2v) is 4.77. The number of likely N-dealkylation sites (N-methyl/N-ethyl adjacent to an activating group) is 1. The Morgan fingerprint density at radius 3 is 2.89 bits per heavy atom. The molecule has 0 aliphatic carbocycles. The molecular weight excluding hydrogens is 242 g/mol. The molecule has 1 fully saturated rings. The number of anilines is 2. The Labute approximate surface area is 113 Å². The van der Waals surface area contributed by atoms with E-state index in [1.165, 1.54) is 0 Å². The molecule has 1 aromatic heterocycles. The Morgan fingerprint density at radius 2 is 2.21 bits per heavy atom. The molecule has 104 valence electrons. The van der Waals surface area contributed by atoms with E-state index >= 15 is 0 Å². The quantitative estimate of drug-likeness (QED) is 0.849. The van der Waals surface area contributed by atoms with E-state index in [0.29, 0.717) is 5.95 Å². The Kier molecular flexibility index (Phi) is 4.19. The van der Waals surface area contributed by atoms with Gasteiger partial charge in [-0.25, -0.2) is 4.98 Å². The molecular formula is C13H21N5O. The number of nitrogens with zero attached hydrogens (tertiary/aromatic N) is 3. The Bertz CT molecular complexity index is 462. The number of piperidine rings is 1. The van der Waals surface area contributed by atoms with Gasteiger partial charge in [0.1, 0.15) is 11.9 Å². The van der Waals surface area contributed by atoms with Crippen molar-refractivity contribution in [3.05, 3.63) is 11.8 Å². The lowest BCUT2D eigenvalue weighted by molar-refractivity contribution is -0.122. The number of carbonyl (C=O) groups is 1. The minimum absolute atomic E-state index is 0.0590. The van der Waals surface area contributed by atoms with Gasteiger partial charge >= 0.3 is 0 Å². The highest BCUT2D eigenvalue weighted by Gasteiger charge is 2.30. The van der Waals surface area contributed by atoms with Crippen LogP contribution in [-0.4, -0.2) is 42.6 Å². The SMILES string of the molecule is CNC(=O)C1CCCCN1c1nc(NC)ncc1C. The fraction of sp³-hybridized carbons (Fsp3) is 0.615. The highest BCUT2D eigenvalue weighted by Crippen LogP contribution is 2.26. The van der Waals surface area contributed by atoms with Gasteiger partial charge in [-0.05, 0) is 26.2 Å². The third kappa shape index (κ3) is 2.77. The summed E-state index contributed by atoms with van der Waals surface area (Å²) in [4.78, 5) is 22.8. The number of aryl methyl sites for hydroxylation is 1. The third-order valence-electron chi connectivity index (χ3n) is 3.49. The van der Waals surface area contributed by atoms with Crippen LogP contribution in [-0.2, 0) is 4.79 Å². The summed E-state index contributed by atoms with van der Waals surface area (Å²) in [5.41, 5.74) is 0.995. The summed E-state index contributed by atoms with van der Waals surface area (Å²) in [6, 6.07) is -0.128. The van der Waals surface area contributed by atoms with Crippen molar-refractivity contribution >= 4 is 17.7 Å². The first-order chi connectivity index (χ1) is 9.17. The second-order valence-electron chi connectivity index (χ2n) is 4.77. The van der Waals surface area contributed by atoms with Crippen LogP contribution >= 0.6 is 0 Å². The molecule has 1 amide bonds. The smallest absolute Gasteiger partial charge is 0.242 e. The van der Waals surface area contributed by atoms with Crippen LogP contribution in [0, 0.1) is 6.92 Å². The van der Waals surface area contributed by atoms with E-state index in [1.807, 2.05) is 6.92 Å². The normalized spacial score (nSPS) is 19.1. The molecule has 2 heterocycles. The molecule has 0 saturated carbocycles. The minimum Gasteiger partial charge on any atom is -0.357 e. The number of rotatable bonds is 3. The first kappa shape index (κ1) is 13.6. The number of hydrogen-bond acceptors (Lipinski definition) is 5. The number of carbonyl (C=O) groups excluding carboxylic acids is 1. The monoisotopic (exact) mass is 263 g/mol. The van der Waals surface area contributed by atoms with Crippen LogP contribution in [0.25, 0.3) is 0 Å². The van der Waals surface area contributed by atoms with Gasteiger partial charge in [0.2, 0.25) is 11.9 Å². The summed E-state index contributed by atoms with van der Waals surface area (Å²) in [7, 11) is 3.47. The summed E-state index contributed by atoms with van der Waals surface area (Å²) < 4.78 is 0. The predicted octanol–water partition coefficient (Wildman–Crippen LogP) is 0.932. The molecule has 6 nitrogen and oxygen atoms in total. The standard InChI is InChI=1S/C13H21N5O/c1-9-8-16-13(15-3)17-11(9)18-7-5-4-6-10(18)12(19)14-2/h8,10H,4-7H2,1-3H3,(H,14,19)(H,15,16,17). The van der Waals surface area contributed by atoms with Crippen LogP contribution in [0.1, 0.15) is 24.8 Å². The van der Waals surface area contributed by atoms with Gasteiger partial charge < -0.3 is 15.5 Å². The lowest BCUT2D eigenvalue weighted by Crippen LogP contribution is -2.49. The maximum atomic E-state index is 12.0. The van der Waals surface area contributed by atoms with Crippen LogP contribution in [0.5, 0.6) is 0 Å². The second kappa shape index (κ2) is 5.86. The topological polar surface area (TPSA) is 70.2 Å². The van der Waals surface area contributed by atoms with Gasteiger partial charge in [0.25, 0.3) is 0 Å². The van der Waals surface area contributed by atoms with E-state index in [4.69, 9.17) is 0 Å². The van der Waals surface area contributed by atoms with Crippen molar-refractivity contribution in [2.24, 2.45) is 0 Å². The van der Waals surface area contributed by atoms with Crippen molar-refractivity contribution in [2.45, 2.75) is 32.2 Å². The van der Waals surface area contributed by atoms with Crippen LogP contribution in [0.3, 0.4) is 0 Å². The molecule has 1 aliphatic heterocycles. The molecule has 1 saturated heterocycles. The van der Waals surface area contributed by atoms with Gasteiger partial charge in [0, 0.05) is 32.4 Å². The van der Waals surface area contributed by atoms with Crippen molar-refractivity contribution in [1.82, 2.24) is 15.3 Å². The summed E-state index contributed by atoms with van der Waals surface area (Å²) in [6.45, 7) is 2.84. The number of hydrogen-bond donors (Lipinski definition) is 2. The van der Waals surface area contributed by atoms with Crippen LogP contribution in [0.15, 0.2) is 6.20 Å². The van der Waals surface area contributed by atoms with Gasteiger partial charge in [-0.2, -0.15) is 4.98 Å². The van der Waals surface area contributed by atoms with E-state index < -0.39 is 0 Å². The fourth-order valence-corrected chi connectivity index (χ4v) is 2.47. The van der Waals surface area contributed by atoms with Crippen LogP contribution in [0.2, 0.25) is 0 Å². The lowest BCUT2D eigenvalue weighted by Gasteiger charge is -2.36. The number of amides is 1. The molecule has 1 atom stereocenters. The fourth-order valence-electron chi connectivity index (χ4n) is 2.47. The van der Waals surface area contributed by atoms with E-state index in [2.05, 4.69) is 25.5 Å². The first-order valence-corrected chi connectivity index (χ1v) is 6.67. The van der Waals surface area contributed by atoms with Crippen molar-refractivity contribution < 1.29 is 4.79 Å². The summed E-state index contributed by atoms with van der Waals surface area (Å²) in [6.07, 6.45) is 4.84. The summed E-state index contributed by atoms with van der Waals surface area (Å²) in [5.74, 6) is 1.50. The molecule has 0 radical (unpaired) electrons. The third-order valence-corrected chi connectivity index (χ3v) is 3.49. The zero-order valence-electron chi connectivity index (χ0n) is 11.7. The van der Waals surface area contributed by atoms with Gasteiger partial charge in [0.05, 0.1) is 0 Å². The largest absolute Gasteiger partial charge is 0.357 e. The number of nitrogens with one attached hydrogen (secondary N) is 2. The molecule has 1 unspecified atom stereocenters. The molecule has 0 bridgehead atoms. The maximum Gasteiger partial charge on any atom is 0.242 e. The molecule has 0 spiro atoms. The highest BCUT2D eigenvalue weighted by molar-refractivity contribution is 5.85. The minimum atomic E-state index is -0.128. The predicted molar refractivity (Wildman–Crippen MR) is 75.4 cm³/mol. The number of aromatic nitrogens is 2. The molecule has 6 heteroatoms. The van der Waals surface area contributed by atoms with Gasteiger partial charge in [-0.15, -0.1) is 0 Å².